The second-order valence-corrected chi connectivity index (χ2v) is 3.25. The molecular formula is C10H17N3O2. The molecule has 0 fully saturated rings. The van der Waals surface area contributed by atoms with Gasteiger partial charge in [-0.1, -0.05) is 12.8 Å². The lowest BCUT2D eigenvalue weighted by Crippen LogP contribution is -2.43. The van der Waals surface area contributed by atoms with Gasteiger partial charge in [-0.3, -0.25) is 14.5 Å². The summed E-state index contributed by atoms with van der Waals surface area (Å²) in [6, 6.07) is 0. The van der Waals surface area contributed by atoms with E-state index >= 15 is 0 Å². The zero-order valence-electron chi connectivity index (χ0n) is 9.19. The topological polar surface area (TPSA) is 66.6 Å². The number of rotatable bonds is 6. The largest absolute Gasteiger partial charge is 0.368 e. The summed E-state index contributed by atoms with van der Waals surface area (Å²) in [5.74, 6) is 1.58. The molecule has 0 aromatic rings. The van der Waals surface area contributed by atoms with Gasteiger partial charge in [0.05, 0.1) is 13.1 Å². The van der Waals surface area contributed by atoms with Crippen LogP contribution in [0.25, 0.3) is 0 Å². The van der Waals surface area contributed by atoms with Crippen molar-refractivity contribution in [2.45, 2.75) is 6.92 Å². The molecule has 0 rings (SSSR count). The second-order valence-electron chi connectivity index (χ2n) is 3.25. The molecule has 0 radical (unpaired) electrons. The molecule has 5 heteroatoms. The predicted molar refractivity (Wildman–Crippen MR) is 57.8 cm³/mol. The van der Waals surface area contributed by atoms with Gasteiger partial charge in [-0.15, -0.1) is 6.42 Å². The maximum atomic E-state index is 11.6. The minimum absolute atomic E-state index is 0.110. The number of primary amides is 1. The van der Waals surface area contributed by atoms with E-state index in [-0.39, 0.29) is 25.5 Å². The Bertz CT molecular complexity index is 270. The van der Waals surface area contributed by atoms with E-state index in [4.69, 9.17) is 12.2 Å². The first-order valence-electron chi connectivity index (χ1n) is 4.69. The lowest BCUT2D eigenvalue weighted by atomic mass is 10.4. The highest BCUT2D eigenvalue weighted by atomic mass is 16.2. The Morgan fingerprint density at radius 1 is 1.40 bits per heavy atom. The average Bonchev–Trinajstić information content (AvgIpc) is 2.16. The van der Waals surface area contributed by atoms with E-state index in [9.17, 15) is 9.59 Å². The maximum absolute atomic E-state index is 11.6. The SMILES string of the molecule is C#CCN(CC(N)=O)C(=O)CN(C)CC. The third kappa shape index (κ3) is 5.70. The quantitative estimate of drug-likeness (QED) is 0.566. The van der Waals surface area contributed by atoms with Gasteiger partial charge in [0.15, 0.2) is 0 Å². The minimum atomic E-state index is -0.558. The first kappa shape index (κ1) is 13.5. The number of nitrogens with two attached hydrogens (primary N) is 1. The van der Waals surface area contributed by atoms with Crippen LogP contribution in [0.5, 0.6) is 0 Å². The van der Waals surface area contributed by atoms with E-state index in [1.807, 2.05) is 18.9 Å². The molecule has 5 nitrogen and oxygen atoms in total. The average molecular weight is 211 g/mol. The summed E-state index contributed by atoms with van der Waals surface area (Å²) in [6.45, 7) is 2.92. The number of likely N-dealkylation sites (N-methyl/N-ethyl adjacent to an activating group) is 1. The molecule has 0 heterocycles. The molecule has 0 atom stereocenters. The fourth-order valence-electron chi connectivity index (χ4n) is 0.973. The summed E-state index contributed by atoms with van der Waals surface area (Å²) < 4.78 is 0. The molecule has 15 heavy (non-hydrogen) atoms. The molecule has 2 amide bonds. The van der Waals surface area contributed by atoms with E-state index in [0.29, 0.717) is 0 Å². The van der Waals surface area contributed by atoms with E-state index in [1.165, 1.54) is 4.90 Å². The molecule has 2 N–H and O–H groups in total. The lowest BCUT2D eigenvalue weighted by Gasteiger charge is -2.21. The fraction of sp³-hybridized carbons (Fsp3) is 0.600. The Hall–Kier alpha value is -1.54. The van der Waals surface area contributed by atoms with Crippen molar-refractivity contribution in [3.05, 3.63) is 0 Å². The van der Waals surface area contributed by atoms with Gasteiger partial charge in [-0.05, 0) is 13.6 Å². The normalized spacial score (nSPS) is 9.73. The number of amides is 2. The van der Waals surface area contributed by atoms with Crippen LogP contribution in [0.1, 0.15) is 6.92 Å². The van der Waals surface area contributed by atoms with Crippen molar-refractivity contribution >= 4 is 11.8 Å². The van der Waals surface area contributed by atoms with Gasteiger partial charge >= 0.3 is 0 Å². The molecule has 84 valence electrons. The third-order valence-electron chi connectivity index (χ3n) is 1.93. The summed E-state index contributed by atoms with van der Waals surface area (Å²) in [4.78, 5) is 25.4. The van der Waals surface area contributed by atoms with Crippen LogP contribution in [-0.2, 0) is 9.59 Å². The van der Waals surface area contributed by atoms with Gasteiger partial charge in [-0.25, -0.2) is 0 Å². The summed E-state index contributed by atoms with van der Waals surface area (Å²) in [5.41, 5.74) is 5.01. The molecule has 0 aromatic carbocycles. The van der Waals surface area contributed by atoms with E-state index in [1.54, 1.807) is 0 Å². The lowest BCUT2D eigenvalue weighted by molar-refractivity contribution is -0.135. The Labute approximate surface area is 90.2 Å². The van der Waals surface area contributed by atoms with Crippen molar-refractivity contribution in [1.29, 1.82) is 0 Å². The highest BCUT2D eigenvalue weighted by Gasteiger charge is 2.15. The van der Waals surface area contributed by atoms with Gasteiger partial charge in [0.1, 0.15) is 6.54 Å². The Kier molecular flexibility index (Phi) is 6.14. The first-order valence-corrected chi connectivity index (χ1v) is 4.69. The highest BCUT2D eigenvalue weighted by Crippen LogP contribution is 1.91. The van der Waals surface area contributed by atoms with Crippen molar-refractivity contribution in [3.8, 4) is 12.3 Å². The molecular weight excluding hydrogens is 194 g/mol. The number of hydrogen-bond acceptors (Lipinski definition) is 3. The van der Waals surface area contributed by atoms with Crippen LogP contribution in [0.3, 0.4) is 0 Å². The molecule has 0 aromatic heterocycles. The van der Waals surface area contributed by atoms with Gasteiger partial charge in [0, 0.05) is 0 Å². The number of carbonyl (C=O) groups is 2. The van der Waals surface area contributed by atoms with Crippen LogP contribution in [0.15, 0.2) is 0 Å². The maximum Gasteiger partial charge on any atom is 0.237 e. The van der Waals surface area contributed by atoms with Crippen molar-refractivity contribution in [3.63, 3.8) is 0 Å². The summed E-state index contributed by atoms with van der Waals surface area (Å²) in [6.07, 6.45) is 5.10. The van der Waals surface area contributed by atoms with Crippen LogP contribution < -0.4 is 5.73 Å². The van der Waals surface area contributed by atoms with E-state index < -0.39 is 5.91 Å². The van der Waals surface area contributed by atoms with Crippen LogP contribution >= 0.6 is 0 Å². The molecule has 0 saturated heterocycles. The van der Waals surface area contributed by atoms with Crippen LogP contribution in [0.2, 0.25) is 0 Å². The number of terminal acetylenes is 1. The summed E-state index contributed by atoms with van der Waals surface area (Å²) in [7, 11) is 1.82. The smallest absolute Gasteiger partial charge is 0.237 e. The molecule has 0 aliphatic heterocycles. The standard InChI is InChI=1S/C10H17N3O2/c1-4-6-13(7-9(11)14)10(15)8-12(3)5-2/h1H,5-8H2,2-3H3,(H2,11,14). The zero-order valence-corrected chi connectivity index (χ0v) is 9.19. The van der Waals surface area contributed by atoms with Gasteiger partial charge in [0.2, 0.25) is 11.8 Å². The monoisotopic (exact) mass is 211 g/mol. The van der Waals surface area contributed by atoms with Crippen LogP contribution in [0.4, 0.5) is 0 Å². The molecule has 0 spiro atoms. The van der Waals surface area contributed by atoms with E-state index in [0.717, 1.165) is 6.54 Å². The highest BCUT2D eigenvalue weighted by molar-refractivity contribution is 5.85. The molecule has 0 unspecified atom stereocenters. The van der Waals surface area contributed by atoms with Crippen LogP contribution in [0, 0.1) is 12.3 Å². The number of nitrogens with zero attached hydrogens (tertiary/aromatic N) is 2. The zero-order chi connectivity index (χ0) is 11.8. The molecule has 0 bridgehead atoms. The Morgan fingerprint density at radius 3 is 2.40 bits per heavy atom. The number of hydrogen-bond donors (Lipinski definition) is 1. The fourth-order valence-corrected chi connectivity index (χ4v) is 0.973. The predicted octanol–water partition coefficient (Wildman–Crippen LogP) is -1.11. The molecule has 0 aliphatic carbocycles. The van der Waals surface area contributed by atoms with Gasteiger partial charge in [0.25, 0.3) is 0 Å². The Balaban J connectivity index is 4.29. The van der Waals surface area contributed by atoms with Crippen molar-refractivity contribution in [2.75, 3.05) is 33.2 Å². The molecule has 0 aliphatic rings. The van der Waals surface area contributed by atoms with Crippen LogP contribution in [-0.4, -0.2) is 54.8 Å². The Morgan fingerprint density at radius 2 is 2.00 bits per heavy atom. The number of carbonyl (C=O) groups excluding carboxylic acids is 2. The van der Waals surface area contributed by atoms with Gasteiger partial charge < -0.3 is 10.6 Å². The third-order valence-corrected chi connectivity index (χ3v) is 1.93. The second kappa shape index (κ2) is 6.85. The van der Waals surface area contributed by atoms with E-state index in [2.05, 4.69) is 5.92 Å². The van der Waals surface area contributed by atoms with Crippen molar-refractivity contribution in [2.24, 2.45) is 5.73 Å². The first-order chi connectivity index (χ1) is 7.01. The summed E-state index contributed by atoms with van der Waals surface area (Å²) >= 11 is 0. The van der Waals surface area contributed by atoms with Gasteiger partial charge in [-0.2, -0.15) is 0 Å². The van der Waals surface area contributed by atoms with Crippen molar-refractivity contribution in [1.82, 2.24) is 9.80 Å². The van der Waals surface area contributed by atoms with Crippen molar-refractivity contribution < 1.29 is 9.59 Å². The molecule has 0 saturated carbocycles. The summed E-state index contributed by atoms with van der Waals surface area (Å²) in [5, 5.41) is 0. The minimum Gasteiger partial charge on any atom is -0.368 e.